The van der Waals surface area contributed by atoms with Crippen LogP contribution in [0.2, 0.25) is 10.0 Å². The van der Waals surface area contributed by atoms with E-state index in [1.165, 1.54) is 12.1 Å². The maximum Gasteiger partial charge on any atom is 0.251 e. The average Bonchev–Trinajstić information content (AvgIpc) is 2.68. The molecule has 0 aliphatic heterocycles. The molecule has 0 saturated carbocycles. The van der Waals surface area contributed by atoms with Crippen molar-refractivity contribution in [2.24, 2.45) is 0 Å². The number of phenols is 1. The van der Waals surface area contributed by atoms with Crippen molar-refractivity contribution in [3.63, 3.8) is 0 Å². The van der Waals surface area contributed by atoms with Crippen LogP contribution in [0.25, 0.3) is 0 Å². The van der Waals surface area contributed by atoms with E-state index in [4.69, 9.17) is 23.2 Å². The Morgan fingerprint density at radius 1 is 1.18 bits per heavy atom. The van der Waals surface area contributed by atoms with Crippen molar-refractivity contribution in [3.8, 4) is 5.75 Å². The standard InChI is InChI=1S/C18H18Cl2N2O5S/c1-2-13(10-23)22-18(25)12-5-3-11(4-6-12)9-21-28(26,27)14-7-15(19)17(24)16(20)8-14/h3-8,10,13,21,24H,2,9H2,1H3,(H,22,25). The first-order valence-electron chi connectivity index (χ1n) is 8.20. The average molecular weight is 445 g/mol. The lowest BCUT2D eigenvalue weighted by Gasteiger charge is -2.11. The second kappa shape index (κ2) is 9.38. The predicted octanol–water partition coefficient (Wildman–Crippen LogP) is 2.88. The summed E-state index contributed by atoms with van der Waals surface area (Å²) in [7, 11) is -3.92. The van der Waals surface area contributed by atoms with E-state index in [1.807, 2.05) is 0 Å². The monoisotopic (exact) mass is 444 g/mol. The molecule has 0 aliphatic rings. The number of benzene rings is 2. The van der Waals surface area contributed by atoms with Gasteiger partial charge in [0.15, 0.2) is 5.75 Å². The molecule has 0 radical (unpaired) electrons. The SMILES string of the molecule is CCC(C=O)NC(=O)c1ccc(CNS(=O)(=O)c2cc(Cl)c(O)c(Cl)c2)cc1. The number of carbonyl (C=O) groups excluding carboxylic acids is 2. The molecule has 1 unspecified atom stereocenters. The van der Waals surface area contributed by atoms with Crippen LogP contribution in [0, 0.1) is 0 Å². The highest BCUT2D eigenvalue weighted by atomic mass is 35.5. The number of rotatable bonds is 8. The van der Waals surface area contributed by atoms with E-state index in [-0.39, 0.29) is 27.4 Å². The normalized spacial score (nSPS) is 12.4. The number of carbonyl (C=O) groups is 2. The number of sulfonamides is 1. The Hall–Kier alpha value is -2.13. The van der Waals surface area contributed by atoms with Crippen molar-refractivity contribution >= 4 is 45.4 Å². The Bertz CT molecular complexity index is 955. The number of amides is 1. The molecule has 0 aromatic heterocycles. The Morgan fingerprint density at radius 3 is 2.25 bits per heavy atom. The van der Waals surface area contributed by atoms with E-state index < -0.39 is 21.8 Å². The van der Waals surface area contributed by atoms with E-state index in [1.54, 1.807) is 19.1 Å². The highest BCUT2D eigenvalue weighted by Gasteiger charge is 2.18. The lowest BCUT2D eigenvalue weighted by Crippen LogP contribution is -2.35. The Kier molecular flexibility index (Phi) is 7.42. The number of aromatic hydroxyl groups is 1. The lowest BCUT2D eigenvalue weighted by molar-refractivity contribution is -0.109. The van der Waals surface area contributed by atoms with E-state index >= 15 is 0 Å². The quantitative estimate of drug-likeness (QED) is 0.541. The zero-order valence-corrected chi connectivity index (χ0v) is 17.1. The number of hydrogen-bond acceptors (Lipinski definition) is 5. The zero-order chi connectivity index (χ0) is 20.9. The Balaban J connectivity index is 2.06. The van der Waals surface area contributed by atoms with Gasteiger partial charge in [-0.05, 0) is 36.2 Å². The van der Waals surface area contributed by atoms with Crippen molar-refractivity contribution in [1.29, 1.82) is 0 Å². The van der Waals surface area contributed by atoms with Gasteiger partial charge < -0.3 is 15.2 Å². The lowest BCUT2D eigenvalue weighted by atomic mass is 10.1. The predicted molar refractivity (Wildman–Crippen MR) is 106 cm³/mol. The summed E-state index contributed by atoms with van der Waals surface area (Å²) in [5.74, 6) is -0.782. The molecule has 10 heteroatoms. The minimum Gasteiger partial charge on any atom is -0.505 e. The fourth-order valence-electron chi connectivity index (χ4n) is 2.22. The van der Waals surface area contributed by atoms with E-state index in [0.717, 1.165) is 12.1 Å². The van der Waals surface area contributed by atoms with Crippen LogP contribution in [0.15, 0.2) is 41.3 Å². The van der Waals surface area contributed by atoms with Crippen LogP contribution in [-0.4, -0.2) is 31.8 Å². The summed E-state index contributed by atoms with van der Waals surface area (Å²) >= 11 is 11.5. The molecule has 3 N–H and O–H groups in total. The van der Waals surface area contributed by atoms with Gasteiger partial charge in [0, 0.05) is 12.1 Å². The summed E-state index contributed by atoms with van der Waals surface area (Å²) in [5, 5.41) is 11.8. The maximum atomic E-state index is 12.4. The van der Waals surface area contributed by atoms with Crippen LogP contribution in [-0.2, 0) is 21.4 Å². The summed E-state index contributed by atoms with van der Waals surface area (Å²) < 4.78 is 27.1. The van der Waals surface area contributed by atoms with Crippen LogP contribution in [0.1, 0.15) is 29.3 Å². The number of aldehydes is 1. The molecule has 28 heavy (non-hydrogen) atoms. The summed E-state index contributed by atoms with van der Waals surface area (Å²) in [6.07, 6.45) is 1.16. The molecule has 2 aromatic rings. The summed E-state index contributed by atoms with van der Waals surface area (Å²) in [5.41, 5.74) is 0.961. The highest BCUT2D eigenvalue weighted by Crippen LogP contribution is 2.34. The third-order valence-electron chi connectivity index (χ3n) is 3.90. The van der Waals surface area contributed by atoms with Crippen molar-refractivity contribution in [1.82, 2.24) is 10.0 Å². The third kappa shape index (κ3) is 5.45. The number of halogens is 2. The van der Waals surface area contributed by atoms with Crippen LogP contribution < -0.4 is 10.0 Å². The Labute approximate surface area is 172 Å². The highest BCUT2D eigenvalue weighted by molar-refractivity contribution is 7.89. The molecule has 1 atom stereocenters. The molecule has 0 fully saturated rings. The van der Waals surface area contributed by atoms with Crippen molar-refractivity contribution in [2.45, 2.75) is 30.8 Å². The number of hydrogen-bond donors (Lipinski definition) is 3. The third-order valence-corrected chi connectivity index (χ3v) is 5.86. The molecule has 0 bridgehead atoms. The van der Waals surface area contributed by atoms with Crippen LogP contribution in [0.4, 0.5) is 0 Å². The summed E-state index contributed by atoms with van der Waals surface area (Å²) in [6.45, 7) is 1.75. The smallest absolute Gasteiger partial charge is 0.251 e. The second-order valence-electron chi connectivity index (χ2n) is 5.88. The van der Waals surface area contributed by atoms with E-state index in [2.05, 4.69) is 10.0 Å². The van der Waals surface area contributed by atoms with Crippen LogP contribution in [0.5, 0.6) is 5.75 Å². The molecular formula is C18H18Cl2N2O5S. The molecular weight excluding hydrogens is 427 g/mol. The van der Waals surface area contributed by atoms with Gasteiger partial charge in [-0.2, -0.15) is 0 Å². The minimum atomic E-state index is -3.92. The first kappa shape index (κ1) is 22.2. The Morgan fingerprint density at radius 2 is 1.75 bits per heavy atom. The maximum absolute atomic E-state index is 12.4. The molecule has 7 nitrogen and oxygen atoms in total. The molecule has 150 valence electrons. The zero-order valence-electron chi connectivity index (χ0n) is 14.8. The van der Waals surface area contributed by atoms with Crippen LogP contribution in [0.3, 0.4) is 0 Å². The van der Waals surface area contributed by atoms with Crippen molar-refractivity contribution < 1.29 is 23.1 Å². The molecule has 0 aliphatic carbocycles. The molecule has 0 heterocycles. The first-order valence-corrected chi connectivity index (χ1v) is 10.4. The largest absolute Gasteiger partial charge is 0.505 e. The minimum absolute atomic E-state index is 0.0354. The molecule has 1 amide bonds. The van der Waals surface area contributed by atoms with Gasteiger partial charge in [0.1, 0.15) is 6.29 Å². The molecule has 0 saturated heterocycles. The molecule has 2 aromatic carbocycles. The fourth-order valence-corrected chi connectivity index (χ4v) is 3.90. The fraction of sp³-hybridized carbons (Fsp3) is 0.222. The van der Waals surface area contributed by atoms with E-state index in [0.29, 0.717) is 23.8 Å². The molecule has 2 rings (SSSR count). The first-order chi connectivity index (χ1) is 13.2. The van der Waals surface area contributed by atoms with E-state index in [9.17, 15) is 23.1 Å². The number of nitrogens with one attached hydrogen (secondary N) is 2. The van der Waals surface area contributed by atoms with Gasteiger partial charge in [0.2, 0.25) is 10.0 Å². The van der Waals surface area contributed by atoms with Crippen molar-refractivity contribution in [2.75, 3.05) is 0 Å². The topological polar surface area (TPSA) is 113 Å². The van der Waals surface area contributed by atoms with Gasteiger partial charge in [-0.15, -0.1) is 0 Å². The van der Waals surface area contributed by atoms with Gasteiger partial charge in [-0.3, -0.25) is 4.79 Å². The van der Waals surface area contributed by atoms with Gasteiger partial charge in [-0.1, -0.05) is 42.3 Å². The molecule has 0 spiro atoms. The second-order valence-corrected chi connectivity index (χ2v) is 8.46. The summed E-state index contributed by atoms with van der Waals surface area (Å²) in [4.78, 5) is 22.7. The van der Waals surface area contributed by atoms with Gasteiger partial charge in [-0.25, -0.2) is 13.1 Å². The van der Waals surface area contributed by atoms with Crippen LogP contribution >= 0.6 is 23.2 Å². The van der Waals surface area contributed by atoms with Gasteiger partial charge in [0.05, 0.1) is 21.0 Å². The van der Waals surface area contributed by atoms with Gasteiger partial charge >= 0.3 is 0 Å². The summed E-state index contributed by atoms with van der Waals surface area (Å²) in [6, 6.07) is 7.88. The van der Waals surface area contributed by atoms with Crippen molar-refractivity contribution in [3.05, 3.63) is 57.6 Å². The van der Waals surface area contributed by atoms with Gasteiger partial charge in [0.25, 0.3) is 5.91 Å². The number of phenolic OH excluding ortho intramolecular Hbond substituents is 1.